The van der Waals surface area contributed by atoms with Gasteiger partial charge in [0.15, 0.2) is 0 Å². The molecule has 1 heterocycles. The Morgan fingerprint density at radius 2 is 2.12 bits per heavy atom. The fourth-order valence-corrected chi connectivity index (χ4v) is 2.40. The van der Waals surface area contributed by atoms with Crippen molar-refractivity contribution in [3.63, 3.8) is 0 Å². The third-order valence-electron chi connectivity index (χ3n) is 3.10. The SMILES string of the molecule is Cc1c(C(=O)O)oc2c1C(=N[O-])CC(C)(C)C2. The number of furan rings is 1. The second-order valence-corrected chi connectivity index (χ2v) is 5.22. The summed E-state index contributed by atoms with van der Waals surface area (Å²) < 4.78 is 5.35. The van der Waals surface area contributed by atoms with Crippen LogP contribution in [0.4, 0.5) is 0 Å². The molecule has 5 heteroatoms. The van der Waals surface area contributed by atoms with Gasteiger partial charge in [-0.25, -0.2) is 4.79 Å². The van der Waals surface area contributed by atoms with E-state index in [9.17, 15) is 10.0 Å². The van der Waals surface area contributed by atoms with Crippen LogP contribution in [0.3, 0.4) is 0 Å². The number of aromatic carboxylic acids is 1. The predicted molar refractivity (Wildman–Crippen MR) is 62.4 cm³/mol. The van der Waals surface area contributed by atoms with E-state index in [0.717, 1.165) is 0 Å². The van der Waals surface area contributed by atoms with Crippen molar-refractivity contribution in [1.29, 1.82) is 0 Å². The highest BCUT2D eigenvalue weighted by atomic mass is 16.4. The van der Waals surface area contributed by atoms with E-state index in [1.807, 2.05) is 13.8 Å². The number of carboxylic acids is 1. The highest BCUT2D eigenvalue weighted by molar-refractivity contribution is 6.06. The molecule has 0 radical (unpaired) electrons. The Balaban J connectivity index is 2.63. The summed E-state index contributed by atoms with van der Waals surface area (Å²) in [4.78, 5) is 11.0. The van der Waals surface area contributed by atoms with Gasteiger partial charge in [-0.2, -0.15) is 0 Å². The minimum absolute atomic E-state index is 0.0890. The summed E-state index contributed by atoms with van der Waals surface area (Å²) in [5, 5.41) is 22.9. The van der Waals surface area contributed by atoms with E-state index in [0.29, 0.717) is 35.4 Å². The Morgan fingerprint density at radius 3 is 2.65 bits per heavy atom. The molecule has 1 aromatic rings. The lowest BCUT2D eigenvalue weighted by Crippen LogP contribution is -2.26. The first-order valence-corrected chi connectivity index (χ1v) is 5.41. The van der Waals surface area contributed by atoms with Gasteiger partial charge in [-0.15, -0.1) is 0 Å². The van der Waals surface area contributed by atoms with Crippen LogP contribution in [0.5, 0.6) is 0 Å². The number of hydrogen-bond acceptors (Lipinski definition) is 4. The van der Waals surface area contributed by atoms with Crippen molar-refractivity contribution in [3.05, 3.63) is 27.9 Å². The van der Waals surface area contributed by atoms with Gasteiger partial charge in [0.2, 0.25) is 5.76 Å². The Bertz CT molecular complexity index is 511. The molecule has 5 nitrogen and oxygen atoms in total. The number of hydrogen-bond donors (Lipinski definition) is 1. The van der Waals surface area contributed by atoms with Crippen molar-refractivity contribution in [2.75, 3.05) is 0 Å². The number of carbonyl (C=O) groups is 1. The number of nitrogens with zero attached hydrogens (tertiary/aromatic N) is 1. The van der Waals surface area contributed by atoms with Crippen LogP contribution in [0.25, 0.3) is 0 Å². The van der Waals surface area contributed by atoms with E-state index in [1.54, 1.807) is 6.92 Å². The summed E-state index contributed by atoms with van der Waals surface area (Å²) in [5.41, 5.74) is 1.36. The zero-order chi connectivity index (χ0) is 12.8. The van der Waals surface area contributed by atoms with Gasteiger partial charge in [0.25, 0.3) is 0 Å². The van der Waals surface area contributed by atoms with Crippen molar-refractivity contribution >= 4 is 11.7 Å². The van der Waals surface area contributed by atoms with Crippen LogP contribution < -0.4 is 0 Å². The number of rotatable bonds is 1. The maximum Gasteiger partial charge on any atom is 0.372 e. The van der Waals surface area contributed by atoms with Crippen LogP contribution in [0.2, 0.25) is 0 Å². The molecule has 0 spiro atoms. The van der Waals surface area contributed by atoms with Gasteiger partial charge in [-0.3, -0.25) is 0 Å². The van der Waals surface area contributed by atoms with Crippen molar-refractivity contribution in [2.45, 2.75) is 33.6 Å². The summed E-state index contributed by atoms with van der Waals surface area (Å²) >= 11 is 0. The fourth-order valence-electron chi connectivity index (χ4n) is 2.40. The predicted octanol–water partition coefficient (Wildman–Crippen LogP) is 2.55. The highest BCUT2D eigenvalue weighted by Crippen LogP contribution is 2.38. The van der Waals surface area contributed by atoms with E-state index in [2.05, 4.69) is 5.16 Å². The molecule has 0 atom stereocenters. The molecule has 0 aromatic carbocycles. The second kappa shape index (κ2) is 3.61. The van der Waals surface area contributed by atoms with Crippen LogP contribution in [0.1, 0.15) is 47.7 Å². The quantitative estimate of drug-likeness (QED) is 0.759. The molecule has 0 unspecified atom stereocenters. The number of carboxylic acid groups (broad SMARTS) is 1. The smallest absolute Gasteiger partial charge is 0.372 e. The van der Waals surface area contributed by atoms with E-state index in [-0.39, 0.29) is 11.2 Å². The molecule has 0 fully saturated rings. The lowest BCUT2D eigenvalue weighted by molar-refractivity contribution is 0.0658. The Labute approximate surface area is 98.7 Å². The van der Waals surface area contributed by atoms with Crippen LogP contribution in [-0.4, -0.2) is 16.8 Å². The Hall–Kier alpha value is -1.78. The molecule has 0 aliphatic heterocycles. The summed E-state index contributed by atoms with van der Waals surface area (Å²) in [6, 6.07) is 0. The highest BCUT2D eigenvalue weighted by Gasteiger charge is 2.35. The summed E-state index contributed by atoms with van der Waals surface area (Å²) in [6.45, 7) is 5.65. The van der Waals surface area contributed by atoms with Gasteiger partial charge in [-0.1, -0.05) is 13.8 Å². The lowest BCUT2D eigenvalue weighted by Gasteiger charge is -2.30. The van der Waals surface area contributed by atoms with Gasteiger partial charge in [0.05, 0.1) is 0 Å². The normalized spacial score (nSPS) is 20.3. The van der Waals surface area contributed by atoms with Gasteiger partial charge in [-0.05, 0) is 18.8 Å². The molecule has 0 saturated carbocycles. The molecule has 1 aromatic heterocycles. The van der Waals surface area contributed by atoms with Gasteiger partial charge in [0, 0.05) is 23.3 Å². The zero-order valence-electron chi connectivity index (χ0n) is 10.0. The summed E-state index contributed by atoms with van der Waals surface area (Å²) in [5.74, 6) is -0.639. The van der Waals surface area contributed by atoms with Gasteiger partial charge < -0.3 is 19.9 Å². The zero-order valence-corrected chi connectivity index (χ0v) is 10.0. The van der Waals surface area contributed by atoms with Crippen molar-refractivity contribution < 1.29 is 14.3 Å². The first-order valence-electron chi connectivity index (χ1n) is 5.41. The minimum Gasteiger partial charge on any atom is -0.792 e. The molecule has 0 amide bonds. The molecule has 0 bridgehead atoms. The van der Waals surface area contributed by atoms with E-state index < -0.39 is 5.97 Å². The lowest BCUT2D eigenvalue weighted by atomic mass is 9.75. The molecule has 1 N–H and O–H groups in total. The van der Waals surface area contributed by atoms with Crippen molar-refractivity contribution in [3.8, 4) is 0 Å². The van der Waals surface area contributed by atoms with Gasteiger partial charge in [0.1, 0.15) is 5.76 Å². The largest absolute Gasteiger partial charge is 0.792 e. The second-order valence-electron chi connectivity index (χ2n) is 5.22. The summed E-state index contributed by atoms with van der Waals surface area (Å²) in [7, 11) is 0. The molecule has 0 saturated heterocycles. The van der Waals surface area contributed by atoms with Crippen LogP contribution >= 0.6 is 0 Å². The molecular formula is C12H14NO4-. The van der Waals surface area contributed by atoms with Crippen LogP contribution in [-0.2, 0) is 6.42 Å². The van der Waals surface area contributed by atoms with Crippen molar-refractivity contribution in [1.82, 2.24) is 0 Å². The maximum atomic E-state index is 11.0. The molecular weight excluding hydrogens is 222 g/mol. The van der Waals surface area contributed by atoms with E-state index >= 15 is 0 Å². The average molecular weight is 236 g/mol. The summed E-state index contributed by atoms with van der Waals surface area (Å²) in [6.07, 6.45) is 1.17. The Kier molecular flexibility index (Phi) is 2.49. The topological polar surface area (TPSA) is 85.9 Å². The minimum atomic E-state index is -1.11. The molecule has 1 aliphatic rings. The molecule has 2 rings (SSSR count). The first kappa shape index (κ1) is 11.7. The molecule has 1 aliphatic carbocycles. The fraction of sp³-hybridized carbons (Fsp3) is 0.500. The van der Waals surface area contributed by atoms with Gasteiger partial charge >= 0.3 is 5.97 Å². The maximum absolute atomic E-state index is 11.0. The monoisotopic (exact) mass is 236 g/mol. The Morgan fingerprint density at radius 1 is 1.47 bits per heavy atom. The van der Waals surface area contributed by atoms with Crippen molar-refractivity contribution in [2.24, 2.45) is 10.6 Å². The van der Waals surface area contributed by atoms with E-state index in [4.69, 9.17) is 9.52 Å². The first-order chi connectivity index (χ1) is 7.85. The molecule has 17 heavy (non-hydrogen) atoms. The van der Waals surface area contributed by atoms with Crippen LogP contribution in [0, 0.1) is 17.5 Å². The average Bonchev–Trinajstić information content (AvgIpc) is 2.53. The number of fused-ring (bicyclic) bond motifs is 1. The van der Waals surface area contributed by atoms with E-state index in [1.165, 1.54) is 0 Å². The molecule has 92 valence electrons. The van der Waals surface area contributed by atoms with Crippen LogP contribution in [0.15, 0.2) is 9.57 Å². The third kappa shape index (κ3) is 1.81. The third-order valence-corrected chi connectivity index (χ3v) is 3.10. The standard InChI is InChI=1S/C12H15NO4/c1-6-9-7(13-16)4-12(2,3)5-8(9)17-10(6)11(14)15/h16H,4-5H2,1-3H3,(H,14,15)/p-1.